The summed E-state index contributed by atoms with van der Waals surface area (Å²) < 4.78 is 35.2. The van der Waals surface area contributed by atoms with E-state index in [0.29, 0.717) is 6.42 Å². The minimum Gasteiger partial charge on any atom is -0.497 e. The molecule has 0 aliphatic carbocycles. The summed E-state index contributed by atoms with van der Waals surface area (Å²) in [7, 11) is -2.12. The van der Waals surface area contributed by atoms with Crippen molar-refractivity contribution in [2.75, 3.05) is 13.7 Å². The Morgan fingerprint density at radius 1 is 1.09 bits per heavy atom. The van der Waals surface area contributed by atoms with Gasteiger partial charge in [0.2, 0.25) is 0 Å². The van der Waals surface area contributed by atoms with Crippen LogP contribution in [0.3, 0.4) is 0 Å². The molecule has 2 aromatic rings. The number of hydrogen-bond donors (Lipinski definition) is 0. The number of hydrogen-bond acceptors (Lipinski definition) is 4. The molecule has 0 N–H and O–H groups in total. The highest BCUT2D eigenvalue weighted by molar-refractivity contribution is 9.10. The molecule has 0 radical (unpaired) electrons. The molecule has 0 aliphatic heterocycles. The first-order valence-electron chi connectivity index (χ1n) is 6.71. The summed E-state index contributed by atoms with van der Waals surface area (Å²) in [5.41, 5.74) is 1.96. The second kappa shape index (κ2) is 7.26. The number of rotatable bonds is 6. The largest absolute Gasteiger partial charge is 0.497 e. The first-order valence-corrected chi connectivity index (χ1v) is 8.91. The summed E-state index contributed by atoms with van der Waals surface area (Å²) in [5.74, 6) is 0.740. The molecule has 0 saturated heterocycles. The third kappa shape index (κ3) is 4.32. The van der Waals surface area contributed by atoms with E-state index in [9.17, 15) is 8.42 Å². The zero-order valence-electron chi connectivity index (χ0n) is 12.4. The van der Waals surface area contributed by atoms with Crippen molar-refractivity contribution in [2.24, 2.45) is 0 Å². The van der Waals surface area contributed by atoms with E-state index in [1.807, 2.05) is 25.1 Å². The molecule has 2 aromatic carbocycles. The molecule has 0 unspecified atom stereocenters. The van der Waals surface area contributed by atoms with E-state index in [4.69, 9.17) is 8.92 Å². The van der Waals surface area contributed by atoms with Crippen LogP contribution in [0.15, 0.2) is 51.8 Å². The number of benzene rings is 2. The van der Waals surface area contributed by atoms with Crippen molar-refractivity contribution in [3.05, 3.63) is 58.1 Å². The minimum absolute atomic E-state index is 0.0845. The summed E-state index contributed by atoms with van der Waals surface area (Å²) in [4.78, 5) is 0.173. The van der Waals surface area contributed by atoms with Gasteiger partial charge < -0.3 is 4.74 Å². The zero-order chi connectivity index (χ0) is 16.2. The average molecular weight is 385 g/mol. The van der Waals surface area contributed by atoms with Crippen molar-refractivity contribution in [3.63, 3.8) is 0 Å². The Kier molecular flexibility index (Phi) is 5.61. The van der Waals surface area contributed by atoms with Crippen LogP contribution in [0.4, 0.5) is 0 Å². The van der Waals surface area contributed by atoms with Gasteiger partial charge in [0.15, 0.2) is 0 Å². The molecule has 0 atom stereocenters. The summed E-state index contributed by atoms with van der Waals surface area (Å²) in [6.07, 6.45) is 0.482. The van der Waals surface area contributed by atoms with Gasteiger partial charge in [-0.05, 0) is 43.2 Å². The number of aryl methyl sites for hydroxylation is 1. The number of ether oxygens (including phenoxy) is 1. The molecule has 0 heterocycles. The lowest BCUT2D eigenvalue weighted by atomic mass is 10.1. The van der Waals surface area contributed by atoms with Gasteiger partial charge in [0, 0.05) is 4.47 Å². The van der Waals surface area contributed by atoms with E-state index < -0.39 is 10.1 Å². The van der Waals surface area contributed by atoms with E-state index in [0.717, 1.165) is 21.3 Å². The minimum atomic E-state index is -3.71. The van der Waals surface area contributed by atoms with Gasteiger partial charge in [0.05, 0.1) is 18.6 Å². The Balaban J connectivity index is 1.99. The van der Waals surface area contributed by atoms with Crippen LogP contribution < -0.4 is 4.74 Å². The number of methoxy groups -OCH3 is 1. The second-order valence-electron chi connectivity index (χ2n) is 4.80. The fourth-order valence-corrected chi connectivity index (χ4v) is 3.36. The van der Waals surface area contributed by atoms with Crippen molar-refractivity contribution in [1.29, 1.82) is 0 Å². The Hall–Kier alpha value is -1.37. The van der Waals surface area contributed by atoms with Crippen LogP contribution in [-0.4, -0.2) is 22.1 Å². The predicted octanol–water partition coefficient (Wildman–Crippen LogP) is 3.71. The van der Waals surface area contributed by atoms with Crippen LogP contribution in [0.1, 0.15) is 11.1 Å². The third-order valence-corrected chi connectivity index (χ3v) is 5.24. The van der Waals surface area contributed by atoms with Gasteiger partial charge in [0.1, 0.15) is 5.75 Å². The van der Waals surface area contributed by atoms with Gasteiger partial charge in [-0.15, -0.1) is 0 Å². The van der Waals surface area contributed by atoms with Crippen LogP contribution in [0.25, 0.3) is 0 Å². The molecule has 22 heavy (non-hydrogen) atoms. The van der Waals surface area contributed by atoms with Crippen molar-refractivity contribution >= 4 is 26.0 Å². The Bertz CT molecular complexity index is 739. The van der Waals surface area contributed by atoms with Crippen LogP contribution in [0.2, 0.25) is 0 Å². The van der Waals surface area contributed by atoms with E-state index in [-0.39, 0.29) is 11.5 Å². The highest BCUT2D eigenvalue weighted by Crippen LogP contribution is 2.23. The van der Waals surface area contributed by atoms with Crippen molar-refractivity contribution < 1.29 is 17.3 Å². The molecule has 2 rings (SSSR count). The quantitative estimate of drug-likeness (QED) is 0.712. The van der Waals surface area contributed by atoms with Gasteiger partial charge in [-0.1, -0.05) is 39.7 Å². The lowest BCUT2D eigenvalue weighted by Crippen LogP contribution is -2.09. The van der Waals surface area contributed by atoms with Gasteiger partial charge in [0.25, 0.3) is 10.1 Å². The SMILES string of the molecule is COc1ccc(CCOS(=O)(=O)c2ccc(C)cc2)c(Br)c1. The molecular weight excluding hydrogens is 368 g/mol. The first-order chi connectivity index (χ1) is 10.4. The molecule has 0 aromatic heterocycles. The van der Waals surface area contributed by atoms with Crippen molar-refractivity contribution in [2.45, 2.75) is 18.2 Å². The van der Waals surface area contributed by atoms with E-state index >= 15 is 0 Å². The molecular formula is C16H17BrO4S. The molecule has 0 spiro atoms. The smallest absolute Gasteiger partial charge is 0.296 e. The van der Waals surface area contributed by atoms with Gasteiger partial charge in [-0.2, -0.15) is 8.42 Å². The van der Waals surface area contributed by atoms with Crippen LogP contribution in [-0.2, 0) is 20.7 Å². The van der Waals surface area contributed by atoms with Gasteiger partial charge in [-0.3, -0.25) is 4.18 Å². The Labute approximate surface area is 139 Å². The summed E-state index contributed by atoms with van der Waals surface area (Å²) >= 11 is 3.44. The fourth-order valence-electron chi connectivity index (χ4n) is 1.89. The summed E-state index contributed by atoms with van der Waals surface area (Å²) in [5, 5.41) is 0. The monoisotopic (exact) mass is 384 g/mol. The van der Waals surface area contributed by atoms with Crippen LogP contribution >= 0.6 is 15.9 Å². The second-order valence-corrected chi connectivity index (χ2v) is 7.27. The topological polar surface area (TPSA) is 52.6 Å². The van der Waals surface area contributed by atoms with Gasteiger partial charge in [-0.25, -0.2) is 0 Å². The molecule has 0 amide bonds. The highest BCUT2D eigenvalue weighted by atomic mass is 79.9. The Morgan fingerprint density at radius 2 is 1.77 bits per heavy atom. The van der Waals surface area contributed by atoms with E-state index in [1.165, 1.54) is 0 Å². The molecule has 4 nitrogen and oxygen atoms in total. The average Bonchev–Trinajstić information content (AvgIpc) is 2.49. The maximum Gasteiger partial charge on any atom is 0.296 e. The molecule has 0 bridgehead atoms. The van der Waals surface area contributed by atoms with Crippen LogP contribution in [0, 0.1) is 6.92 Å². The van der Waals surface area contributed by atoms with E-state index in [1.54, 1.807) is 31.4 Å². The Morgan fingerprint density at radius 3 is 2.36 bits per heavy atom. The molecule has 0 fully saturated rings. The predicted molar refractivity (Wildman–Crippen MR) is 88.7 cm³/mol. The lowest BCUT2D eigenvalue weighted by molar-refractivity contribution is 0.322. The molecule has 118 valence electrons. The maximum atomic E-state index is 12.1. The normalized spacial score (nSPS) is 11.4. The standard InChI is InChI=1S/C16H17BrO4S/c1-12-3-7-15(8-4-12)22(18,19)21-10-9-13-5-6-14(20-2)11-16(13)17/h3-8,11H,9-10H2,1-2H3. The fraction of sp³-hybridized carbons (Fsp3) is 0.250. The molecule has 0 aliphatic rings. The molecule has 0 saturated carbocycles. The van der Waals surface area contributed by atoms with Crippen LogP contribution in [0.5, 0.6) is 5.75 Å². The summed E-state index contributed by atoms with van der Waals surface area (Å²) in [6.45, 7) is 1.99. The first kappa shape index (κ1) is 17.0. The number of halogens is 1. The van der Waals surface area contributed by atoms with E-state index in [2.05, 4.69) is 15.9 Å². The van der Waals surface area contributed by atoms with Crippen molar-refractivity contribution in [1.82, 2.24) is 0 Å². The maximum absolute atomic E-state index is 12.1. The lowest BCUT2D eigenvalue weighted by Gasteiger charge is -2.08. The third-order valence-electron chi connectivity index (χ3n) is 3.18. The molecule has 6 heteroatoms. The van der Waals surface area contributed by atoms with Gasteiger partial charge >= 0.3 is 0 Å². The summed E-state index contributed by atoms with van der Waals surface area (Å²) in [6, 6.07) is 12.1. The van der Waals surface area contributed by atoms with Crippen molar-refractivity contribution in [3.8, 4) is 5.75 Å². The highest BCUT2D eigenvalue weighted by Gasteiger charge is 2.15. The zero-order valence-corrected chi connectivity index (χ0v) is 14.8.